The van der Waals surface area contributed by atoms with Crippen LogP contribution in [-0.2, 0) is 11.3 Å². The predicted octanol–water partition coefficient (Wildman–Crippen LogP) is 2.85. The van der Waals surface area contributed by atoms with E-state index in [9.17, 15) is 0 Å². The lowest BCUT2D eigenvalue weighted by molar-refractivity contribution is 0.174. The van der Waals surface area contributed by atoms with Crippen LogP contribution < -0.4 is 0 Å². The Kier molecular flexibility index (Phi) is 2.86. The van der Waals surface area contributed by atoms with E-state index in [2.05, 4.69) is 36.9 Å². The molecule has 0 saturated carbocycles. The average Bonchev–Trinajstić information content (AvgIpc) is 2.61. The highest BCUT2D eigenvalue weighted by atomic mass is 16.6. The first-order chi connectivity index (χ1) is 7.31. The van der Waals surface area contributed by atoms with Gasteiger partial charge in [0, 0.05) is 5.56 Å². The molecule has 0 bridgehead atoms. The van der Waals surface area contributed by atoms with E-state index in [1.807, 2.05) is 0 Å². The fourth-order valence-corrected chi connectivity index (χ4v) is 1.86. The monoisotopic (exact) mass is 201 g/mol. The molecule has 0 fully saturated rings. The van der Waals surface area contributed by atoms with Crippen molar-refractivity contribution in [3.05, 3.63) is 47.5 Å². The molecular weight excluding hydrogens is 186 g/mol. The van der Waals surface area contributed by atoms with Crippen LogP contribution in [0.2, 0.25) is 0 Å². The highest BCUT2D eigenvalue weighted by molar-refractivity contribution is 6.04. The molecule has 0 heterocycles. The van der Waals surface area contributed by atoms with Gasteiger partial charge in [-0.25, -0.2) is 0 Å². The summed E-state index contributed by atoms with van der Waals surface area (Å²) in [4.78, 5) is 5.12. The smallest absolute Gasteiger partial charge is 0.135 e. The van der Waals surface area contributed by atoms with Gasteiger partial charge < -0.3 is 4.84 Å². The Morgan fingerprint density at radius 3 is 3.13 bits per heavy atom. The van der Waals surface area contributed by atoms with E-state index in [0.717, 1.165) is 18.6 Å². The Balaban J connectivity index is 2.21. The van der Waals surface area contributed by atoms with E-state index in [4.69, 9.17) is 4.84 Å². The molecule has 78 valence electrons. The first-order valence-corrected chi connectivity index (χ1v) is 5.21. The van der Waals surface area contributed by atoms with E-state index < -0.39 is 0 Å². The van der Waals surface area contributed by atoms with Crippen molar-refractivity contribution in [1.29, 1.82) is 0 Å². The third-order valence-corrected chi connectivity index (χ3v) is 2.57. The Morgan fingerprint density at radius 1 is 1.47 bits per heavy atom. The van der Waals surface area contributed by atoms with Gasteiger partial charge in [-0.1, -0.05) is 41.6 Å². The van der Waals surface area contributed by atoms with Crippen LogP contribution in [0.1, 0.15) is 23.1 Å². The molecule has 0 amide bonds. The van der Waals surface area contributed by atoms with Crippen LogP contribution in [0.4, 0.5) is 0 Å². The molecule has 1 aromatic rings. The van der Waals surface area contributed by atoms with Crippen LogP contribution in [0.3, 0.4) is 0 Å². The van der Waals surface area contributed by atoms with Crippen LogP contribution >= 0.6 is 0 Å². The SMILES string of the molecule is C=CCO/N=C1\CCc2cc(C)ccc21. The van der Waals surface area contributed by atoms with Gasteiger partial charge in [0.15, 0.2) is 0 Å². The Hall–Kier alpha value is -1.57. The minimum Gasteiger partial charge on any atom is -0.391 e. The molecular formula is C13H15NO. The summed E-state index contributed by atoms with van der Waals surface area (Å²) in [6.07, 6.45) is 3.76. The lowest BCUT2D eigenvalue weighted by atomic mass is 10.1. The average molecular weight is 201 g/mol. The lowest BCUT2D eigenvalue weighted by Crippen LogP contribution is -1.96. The number of fused-ring (bicyclic) bond motifs is 1. The van der Waals surface area contributed by atoms with E-state index in [1.54, 1.807) is 6.08 Å². The van der Waals surface area contributed by atoms with Crippen molar-refractivity contribution in [2.24, 2.45) is 5.16 Å². The molecule has 0 aliphatic heterocycles. The first-order valence-electron chi connectivity index (χ1n) is 5.21. The standard InChI is InChI=1S/C13H15NO/c1-3-8-15-14-13-7-5-11-9-10(2)4-6-12(11)13/h3-4,6,9H,1,5,7-8H2,2H3/b14-13+. The molecule has 2 rings (SSSR count). The van der Waals surface area contributed by atoms with Gasteiger partial charge in [0.05, 0.1) is 5.71 Å². The summed E-state index contributed by atoms with van der Waals surface area (Å²) in [5.41, 5.74) is 4.99. The van der Waals surface area contributed by atoms with Gasteiger partial charge in [-0.15, -0.1) is 0 Å². The fraction of sp³-hybridized carbons (Fsp3) is 0.308. The third kappa shape index (κ3) is 2.09. The Bertz CT molecular complexity index is 407. The summed E-state index contributed by atoms with van der Waals surface area (Å²) >= 11 is 0. The summed E-state index contributed by atoms with van der Waals surface area (Å²) < 4.78 is 0. The zero-order valence-electron chi connectivity index (χ0n) is 8.99. The molecule has 1 aromatic carbocycles. The van der Waals surface area contributed by atoms with Crippen molar-refractivity contribution in [3.8, 4) is 0 Å². The lowest BCUT2D eigenvalue weighted by Gasteiger charge is -2.01. The number of hydrogen-bond acceptors (Lipinski definition) is 2. The quantitative estimate of drug-likeness (QED) is 0.418. The third-order valence-electron chi connectivity index (χ3n) is 2.57. The number of rotatable bonds is 3. The summed E-state index contributed by atoms with van der Waals surface area (Å²) in [5.74, 6) is 0. The van der Waals surface area contributed by atoms with Crippen molar-refractivity contribution in [2.75, 3.05) is 6.61 Å². The van der Waals surface area contributed by atoms with E-state index in [1.165, 1.54) is 16.7 Å². The van der Waals surface area contributed by atoms with Crippen LogP contribution in [0.15, 0.2) is 36.0 Å². The number of hydrogen-bond donors (Lipinski definition) is 0. The Morgan fingerprint density at radius 2 is 2.33 bits per heavy atom. The molecule has 1 aliphatic rings. The number of oxime groups is 1. The summed E-state index contributed by atoms with van der Waals surface area (Å²) in [7, 11) is 0. The molecule has 1 aliphatic carbocycles. The maximum atomic E-state index is 5.12. The second kappa shape index (κ2) is 4.30. The molecule has 0 N–H and O–H groups in total. The van der Waals surface area contributed by atoms with Gasteiger partial charge in [0.2, 0.25) is 0 Å². The van der Waals surface area contributed by atoms with Crippen molar-refractivity contribution >= 4 is 5.71 Å². The number of nitrogens with zero attached hydrogens (tertiary/aromatic N) is 1. The van der Waals surface area contributed by atoms with Gasteiger partial charge in [-0.2, -0.15) is 0 Å². The van der Waals surface area contributed by atoms with Gasteiger partial charge in [-0.3, -0.25) is 0 Å². The second-order valence-corrected chi connectivity index (χ2v) is 3.78. The normalized spacial score (nSPS) is 16.5. The molecule has 2 heteroatoms. The van der Waals surface area contributed by atoms with E-state index in [-0.39, 0.29) is 0 Å². The molecule has 0 unspecified atom stereocenters. The molecule has 2 nitrogen and oxygen atoms in total. The highest BCUT2D eigenvalue weighted by Gasteiger charge is 2.17. The second-order valence-electron chi connectivity index (χ2n) is 3.78. The minimum absolute atomic E-state index is 0.477. The van der Waals surface area contributed by atoms with E-state index >= 15 is 0 Å². The largest absolute Gasteiger partial charge is 0.391 e. The van der Waals surface area contributed by atoms with Gasteiger partial charge >= 0.3 is 0 Å². The molecule has 0 spiro atoms. The molecule has 0 atom stereocenters. The maximum absolute atomic E-state index is 5.12. The van der Waals surface area contributed by atoms with Gasteiger partial charge in [-0.05, 0) is 25.3 Å². The van der Waals surface area contributed by atoms with E-state index in [0.29, 0.717) is 6.61 Å². The summed E-state index contributed by atoms with van der Waals surface area (Å²) in [5, 5.41) is 4.13. The van der Waals surface area contributed by atoms with Crippen molar-refractivity contribution < 1.29 is 4.84 Å². The van der Waals surface area contributed by atoms with Crippen molar-refractivity contribution in [3.63, 3.8) is 0 Å². The topological polar surface area (TPSA) is 21.6 Å². The van der Waals surface area contributed by atoms with Crippen molar-refractivity contribution in [2.45, 2.75) is 19.8 Å². The first kappa shape index (κ1) is 9.97. The zero-order valence-corrected chi connectivity index (χ0v) is 8.99. The zero-order chi connectivity index (χ0) is 10.7. The van der Waals surface area contributed by atoms with Crippen LogP contribution in [0.5, 0.6) is 0 Å². The molecule has 0 saturated heterocycles. The number of benzene rings is 1. The Labute approximate surface area is 90.3 Å². The number of aryl methyl sites for hydroxylation is 2. The van der Waals surface area contributed by atoms with Gasteiger partial charge in [0.1, 0.15) is 6.61 Å². The van der Waals surface area contributed by atoms with Crippen LogP contribution in [-0.4, -0.2) is 12.3 Å². The highest BCUT2D eigenvalue weighted by Crippen LogP contribution is 2.23. The van der Waals surface area contributed by atoms with Crippen LogP contribution in [0, 0.1) is 6.92 Å². The maximum Gasteiger partial charge on any atom is 0.135 e. The molecule has 0 radical (unpaired) electrons. The molecule has 0 aromatic heterocycles. The molecule has 15 heavy (non-hydrogen) atoms. The van der Waals surface area contributed by atoms with Crippen LogP contribution in [0.25, 0.3) is 0 Å². The summed E-state index contributed by atoms with van der Waals surface area (Å²) in [6.45, 7) is 6.18. The van der Waals surface area contributed by atoms with Crippen molar-refractivity contribution in [1.82, 2.24) is 0 Å². The summed E-state index contributed by atoms with van der Waals surface area (Å²) in [6, 6.07) is 6.48. The predicted molar refractivity (Wildman–Crippen MR) is 62.2 cm³/mol. The minimum atomic E-state index is 0.477. The fourth-order valence-electron chi connectivity index (χ4n) is 1.86. The van der Waals surface area contributed by atoms with Gasteiger partial charge in [0.25, 0.3) is 0 Å².